The van der Waals surface area contributed by atoms with E-state index in [1.165, 1.54) is 5.56 Å². The molecular weight excluding hydrogens is 304 g/mol. The molecule has 4 heteroatoms. The Balaban J connectivity index is 2.11. The quantitative estimate of drug-likeness (QED) is 0.885. The van der Waals surface area contributed by atoms with Crippen LogP contribution < -0.4 is 10.1 Å². The maximum atomic E-state index is 5.05. The van der Waals surface area contributed by atoms with E-state index in [0.29, 0.717) is 5.88 Å². The molecule has 0 fully saturated rings. The molecule has 0 saturated heterocycles. The summed E-state index contributed by atoms with van der Waals surface area (Å²) < 4.78 is 6.15. The lowest BCUT2D eigenvalue weighted by atomic mass is 10.0. The van der Waals surface area contributed by atoms with Crippen LogP contribution in [0.5, 0.6) is 5.88 Å². The Hall–Kier alpha value is -1.55. The number of hydrogen-bond donors (Lipinski definition) is 1. The van der Waals surface area contributed by atoms with Gasteiger partial charge < -0.3 is 10.1 Å². The Bertz CT molecular complexity index is 511. The summed E-state index contributed by atoms with van der Waals surface area (Å²) in [7, 11) is 1.62. The molecule has 0 amide bonds. The van der Waals surface area contributed by atoms with Crippen molar-refractivity contribution in [2.75, 3.05) is 12.4 Å². The van der Waals surface area contributed by atoms with Crippen LogP contribution in [0.25, 0.3) is 0 Å². The van der Waals surface area contributed by atoms with Gasteiger partial charge in [-0.25, -0.2) is 4.98 Å². The zero-order valence-corrected chi connectivity index (χ0v) is 12.6. The van der Waals surface area contributed by atoms with E-state index in [-0.39, 0.29) is 6.04 Å². The van der Waals surface area contributed by atoms with Crippen molar-refractivity contribution < 1.29 is 4.74 Å². The van der Waals surface area contributed by atoms with Gasteiger partial charge in [-0.2, -0.15) is 0 Å². The van der Waals surface area contributed by atoms with E-state index in [2.05, 4.69) is 57.4 Å². The second-order valence-corrected chi connectivity index (χ2v) is 5.16. The van der Waals surface area contributed by atoms with E-state index in [1.807, 2.05) is 12.1 Å². The van der Waals surface area contributed by atoms with Gasteiger partial charge in [-0.05, 0) is 30.2 Å². The van der Waals surface area contributed by atoms with Gasteiger partial charge in [-0.3, -0.25) is 0 Å². The van der Waals surface area contributed by atoms with Gasteiger partial charge in [0.2, 0.25) is 5.88 Å². The average molecular weight is 321 g/mol. The number of ether oxygens (including phenoxy) is 1. The van der Waals surface area contributed by atoms with E-state index in [9.17, 15) is 0 Å². The summed E-state index contributed by atoms with van der Waals surface area (Å²) in [5.41, 5.74) is 2.26. The molecular formula is C15H17BrN2O. The molecule has 1 N–H and O–H groups in total. The zero-order chi connectivity index (χ0) is 13.7. The SMILES string of the molecule is CCC(Nc1ccc(OC)nc1)c1ccc(Br)cc1. The van der Waals surface area contributed by atoms with Crippen molar-refractivity contribution in [3.63, 3.8) is 0 Å². The lowest BCUT2D eigenvalue weighted by molar-refractivity contribution is 0.398. The van der Waals surface area contributed by atoms with E-state index in [4.69, 9.17) is 4.74 Å². The molecule has 1 heterocycles. The van der Waals surface area contributed by atoms with Crippen LogP contribution >= 0.6 is 15.9 Å². The summed E-state index contributed by atoms with van der Waals surface area (Å²) >= 11 is 3.45. The third-order valence-electron chi connectivity index (χ3n) is 2.97. The summed E-state index contributed by atoms with van der Waals surface area (Å²) in [6.07, 6.45) is 2.80. The highest BCUT2D eigenvalue weighted by Gasteiger charge is 2.09. The van der Waals surface area contributed by atoms with E-state index in [0.717, 1.165) is 16.6 Å². The summed E-state index contributed by atoms with van der Waals surface area (Å²) in [4.78, 5) is 4.20. The minimum Gasteiger partial charge on any atom is -0.481 e. The predicted octanol–water partition coefficient (Wildman–Crippen LogP) is 4.42. The van der Waals surface area contributed by atoms with Crippen molar-refractivity contribution >= 4 is 21.6 Å². The summed E-state index contributed by atoms with van der Waals surface area (Å²) in [5, 5.41) is 3.48. The first-order chi connectivity index (χ1) is 9.22. The van der Waals surface area contributed by atoms with Crippen LogP contribution in [-0.2, 0) is 0 Å². The maximum Gasteiger partial charge on any atom is 0.213 e. The van der Waals surface area contributed by atoms with Crippen molar-refractivity contribution in [1.82, 2.24) is 4.98 Å². The highest BCUT2D eigenvalue weighted by atomic mass is 79.9. The smallest absolute Gasteiger partial charge is 0.213 e. The molecule has 0 radical (unpaired) electrons. The molecule has 1 atom stereocenters. The van der Waals surface area contributed by atoms with E-state index < -0.39 is 0 Å². The minimum absolute atomic E-state index is 0.281. The monoisotopic (exact) mass is 320 g/mol. The van der Waals surface area contributed by atoms with Crippen molar-refractivity contribution in [1.29, 1.82) is 0 Å². The first kappa shape index (κ1) is 13.9. The largest absolute Gasteiger partial charge is 0.481 e. The van der Waals surface area contributed by atoms with Crippen LogP contribution in [-0.4, -0.2) is 12.1 Å². The summed E-state index contributed by atoms with van der Waals surface area (Å²) in [6, 6.07) is 12.5. The molecule has 2 rings (SSSR count). The molecule has 0 saturated carbocycles. The molecule has 0 spiro atoms. The van der Waals surface area contributed by atoms with Crippen LogP contribution in [0.4, 0.5) is 5.69 Å². The molecule has 0 aliphatic carbocycles. The van der Waals surface area contributed by atoms with Crippen molar-refractivity contribution in [3.8, 4) is 5.88 Å². The lowest BCUT2D eigenvalue weighted by Crippen LogP contribution is -2.09. The Morgan fingerprint density at radius 3 is 2.47 bits per heavy atom. The van der Waals surface area contributed by atoms with Crippen LogP contribution in [0.15, 0.2) is 47.1 Å². The van der Waals surface area contributed by atoms with Gasteiger partial charge in [-0.15, -0.1) is 0 Å². The Morgan fingerprint density at radius 2 is 1.95 bits per heavy atom. The number of anilines is 1. The van der Waals surface area contributed by atoms with Crippen LogP contribution in [0.2, 0.25) is 0 Å². The molecule has 1 aromatic carbocycles. The number of benzene rings is 1. The number of rotatable bonds is 5. The molecule has 0 aliphatic heterocycles. The lowest BCUT2D eigenvalue weighted by Gasteiger charge is -2.18. The fourth-order valence-electron chi connectivity index (χ4n) is 1.90. The Labute approximate surface area is 122 Å². The number of nitrogens with one attached hydrogen (secondary N) is 1. The highest BCUT2D eigenvalue weighted by molar-refractivity contribution is 9.10. The van der Waals surface area contributed by atoms with Crippen LogP contribution in [0.1, 0.15) is 24.9 Å². The molecule has 0 aliphatic rings. The second kappa shape index (κ2) is 6.57. The highest BCUT2D eigenvalue weighted by Crippen LogP contribution is 2.24. The standard InChI is InChI=1S/C15H17BrN2O/c1-3-14(11-4-6-12(16)7-5-11)18-13-8-9-15(19-2)17-10-13/h4-10,14,18H,3H2,1-2H3. The first-order valence-corrected chi connectivity index (χ1v) is 7.04. The van der Waals surface area contributed by atoms with Crippen LogP contribution in [0, 0.1) is 0 Å². The summed E-state index contributed by atoms with van der Waals surface area (Å²) in [5.74, 6) is 0.627. The van der Waals surface area contributed by atoms with Crippen molar-refractivity contribution in [3.05, 3.63) is 52.6 Å². The topological polar surface area (TPSA) is 34.1 Å². The number of halogens is 1. The van der Waals surface area contributed by atoms with Gasteiger partial charge in [0.05, 0.1) is 25.0 Å². The molecule has 3 nitrogen and oxygen atoms in total. The summed E-state index contributed by atoms with van der Waals surface area (Å²) in [6.45, 7) is 2.16. The van der Waals surface area contributed by atoms with E-state index >= 15 is 0 Å². The van der Waals surface area contributed by atoms with Crippen molar-refractivity contribution in [2.45, 2.75) is 19.4 Å². The van der Waals surface area contributed by atoms with Crippen molar-refractivity contribution in [2.24, 2.45) is 0 Å². The third kappa shape index (κ3) is 3.70. The first-order valence-electron chi connectivity index (χ1n) is 6.25. The molecule has 2 aromatic rings. The van der Waals surface area contributed by atoms with Gasteiger partial charge in [0, 0.05) is 10.5 Å². The van der Waals surface area contributed by atoms with Gasteiger partial charge >= 0.3 is 0 Å². The molecule has 19 heavy (non-hydrogen) atoms. The average Bonchev–Trinajstić information content (AvgIpc) is 2.46. The fraction of sp³-hybridized carbons (Fsp3) is 0.267. The molecule has 1 unspecified atom stereocenters. The van der Waals surface area contributed by atoms with Gasteiger partial charge in [0.15, 0.2) is 0 Å². The van der Waals surface area contributed by atoms with Gasteiger partial charge in [0.25, 0.3) is 0 Å². The number of nitrogens with zero attached hydrogens (tertiary/aromatic N) is 1. The minimum atomic E-state index is 0.281. The van der Waals surface area contributed by atoms with Gasteiger partial charge in [-0.1, -0.05) is 35.0 Å². The second-order valence-electron chi connectivity index (χ2n) is 4.25. The molecule has 0 bridgehead atoms. The maximum absolute atomic E-state index is 5.05. The normalized spacial score (nSPS) is 11.9. The number of methoxy groups -OCH3 is 1. The third-order valence-corrected chi connectivity index (χ3v) is 3.50. The number of aromatic nitrogens is 1. The van der Waals surface area contributed by atoms with Crippen LogP contribution in [0.3, 0.4) is 0 Å². The van der Waals surface area contributed by atoms with E-state index in [1.54, 1.807) is 13.3 Å². The van der Waals surface area contributed by atoms with Gasteiger partial charge in [0.1, 0.15) is 0 Å². The number of pyridine rings is 1. The Kier molecular flexibility index (Phi) is 4.80. The number of hydrogen-bond acceptors (Lipinski definition) is 3. The Morgan fingerprint density at radius 1 is 1.21 bits per heavy atom. The zero-order valence-electron chi connectivity index (χ0n) is 11.1. The molecule has 100 valence electrons. The fourth-order valence-corrected chi connectivity index (χ4v) is 2.17. The predicted molar refractivity (Wildman–Crippen MR) is 81.6 cm³/mol. The molecule has 1 aromatic heterocycles.